The molecule has 0 saturated carbocycles. The molecule has 0 unspecified atom stereocenters. The third-order valence-electron chi connectivity index (χ3n) is 2.41. The van der Waals surface area contributed by atoms with Crippen LogP contribution in [0, 0.1) is 25.1 Å². The number of benzene rings is 1. The van der Waals surface area contributed by atoms with Crippen LogP contribution in [0.2, 0.25) is 0 Å². The summed E-state index contributed by atoms with van der Waals surface area (Å²) in [6, 6.07) is 1.92. The Hall–Kier alpha value is -3.15. The van der Waals surface area contributed by atoms with Gasteiger partial charge in [-0.1, -0.05) is 0 Å². The fourth-order valence-corrected chi connectivity index (χ4v) is 1.55. The summed E-state index contributed by atoms with van der Waals surface area (Å²) in [5.41, 5.74) is 0.810. The van der Waals surface area contributed by atoms with Crippen LogP contribution in [0.25, 0.3) is 0 Å². The number of nitroso groups, excluding NO2 is 1. The number of amides is 2. The molecule has 0 bridgehead atoms. The summed E-state index contributed by atoms with van der Waals surface area (Å²) in [6.07, 6.45) is 0.906. The number of carbonyl (C=O) groups excluding carboxylic acids is 1. The van der Waals surface area contributed by atoms with E-state index in [1.165, 1.54) is 0 Å². The molecule has 0 radical (unpaired) electrons. The number of hydrazone groups is 1. The van der Waals surface area contributed by atoms with Crippen molar-refractivity contribution >= 4 is 35.2 Å². The summed E-state index contributed by atoms with van der Waals surface area (Å²) < 4.78 is 0. The Bertz CT molecular complexity index is 665. The molecule has 0 spiro atoms. The van der Waals surface area contributed by atoms with E-state index in [1.54, 1.807) is 0 Å². The van der Waals surface area contributed by atoms with Gasteiger partial charge in [-0.25, -0.2) is 10.2 Å². The van der Waals surface area contributed by atoms with E-state index < -0.39 is 27.3 Å². The van der Waals surface area contributed by atoms with Crippen molar-refractivity contribution in [1.29, 1.82) is 0 Å². The monoisotopic (exact) mass is 344 g/mol. The van der Waals surface area contributed by atoms with Crippen LogP contribution >= 0.6 is 11.6 Å². The number of non-ortho nitro benzene ring substituents is 1. The minimum absolute atomic E-state index is 0.0311. The summed E-state index contributed by atoms with van der Waals surface area (Å²) in [5, 5.41) is 27.8. The number of carbonyl (C=O) groups is 1. The number of nitro groups is 2. The van der Waals surface area contributed by atoms with E-state index in [-0.39, 0.29) is 18.0 Å². The van der Waals surface area contributed by atoms with Gasteiger partial charge in [0.15, 0.2) is 0 Å². The fourth-order valence-electron chi connectivity index (χ4n) is 1.39. The lowest BCUT2D eigenvalue weighted by Crippen LogP contribution is -2.34. The quantitative estimate of drug-likeness (QED) is 0.260. The van der Waals surface area contributed by atoms with Crippen molar-refractivity contribution in [2.45, 2.75) is 0 Å². The van der Waals surface area contributed by atoms with E-state index >= 15 is 0 Å². The van der Waals surface area contributed by atoms with Crippen molar-refractivity contribution in [2.24, 2.45) is 10.4 Å². The van der Waals surface area contributed by atoms with E-state index in [4.69, 9.17) is 11.6 Å². The van der Waals surface area contributed by atoms with E-state index in [0.717, 1.165) is 24.4 Å². The zero-order valence-electron chi connectivity index (χ0n) is 11.3. The summed E-state index contributed by atoms with van der Waals surface area (Å²) >= 11 is 5.36. The second-order valence-corrected chi connectivity index (χ2v) is 4.20. The highest BCUT2D eigenvalue weighted by Crippen LogP contribution is 2.23. The van der Waals surface area contributed by atoms with Gasteiger partial charge in [0.05, 0.1) is 39.5 Å². The first kappa shape index (κ1) is 17.9. The molecule has 2 amide bonds. The van der Waals surface area contributed by atoms with Crippen LogP contribution in [0.5, 0.6) is 0 Å². The Morgan fingerprint density at radius 3 is 2.57 bits per heavy atom. The first-order valence-electron chi connectivity index (χ1n) is 5.83. The Kier molecular flexibility index (Phi) is 6.48. The predicted octanol–water partition coefficient (Wildman–Crippen LogP) is 1.77. The second kappa shape index (κ2) is 8.33. The predicted molar refractivity (Wildman–Crippen MR) is 79.1 cm³/mol. The van der Waals surface area contributed by atoms with Gasteiger partial charge in [-0.15, -0.1) is 16.5 Å². The lowest BCUT2D eigenvalue weighted by molar-refractivity contribution is -0.394. The van der Waals surface area contributed by atoms with E-state index in [2.05, 4.69) is 10.4 Å². The number of halogens is 1. The summed E-state index contributed by atoms with van der Waals surface area (Å²) in [4.78, 5) is 41.7. The van der Waals surface area contributed by atoms with Gasteiger partial charge >= 0.3 is 6.03 Å². The average molecular weight is 345 g/mol. The molecule has 0 aromatic heterocycles. The summed E-state index contributed by atoms with van der Waals surface area (Å²) in [6.45, 7) is -0.149. The van der Waals surface area contributed by atoms with Crippen molar-refractivity contribution in [3.63, 3.8) is 0 Å². The summed E-state index contributed by atoms with van der Waals surface area (Å²) in [5.74, 6) is -0.0311. The van der Waals surface area contributed by atoms with Gasteiger partial charge in [0.25, 0.3) is 11.4 Å². The molecule has 1 N–H and O–H groups in total. The molecule has 23 heavy (non-hydrogen) atoms. The maximum absolute atomic E-state index is 11.4. The normalized spacial score (nSPS) is 10.3. The smallest absolute Gasteiger partial charge is 0.258 e. The third-order valence-corrected chi connectivity index (χ3v) is 2.58. The molecule has 1 aromatic carbocycles. The van der Waals surface area contributed by atoms with Crippen LogP contribution in [0.15, 0.2) is 28.6 Å². The minimum Gasteiger partial charge on any atom is -0.258 e. The van der Waals surface area contributed by atoms with Crippen molar-refractivity contribution in [3.8, 4) is 0 Å². The minimum atomic E-state index is -0.985. The number of nitro benzene ring substituents is 2. The van der Waals surface area contributed by atoms with Crippen molar-refractivity contribution in [1.82, 2.24) is 10.4 Å². The van der Waals surface area contributed by atoms with Gasteiger partial charge in [-0.05, 0) is 6.07 Å². The zero-order valence-corrected chi connectivity index (χ0v) is 12.0. The van der Waals surface area contributed by atoms with Gasteiger partial charge in [0.2, 0.25) is 0 Å². The molecule has 0 heterocycles. The first-order valence-corrected chi connectivity index (χ1v) is 6.36. The second-order valence-electron chi connectivity index (χ2n) is 3.83. The Morgan fingerprint density at radius 1 is 1.35 bits per heavy atom. The maximum Gasteiger partial charge on any atom is 0.360 e. The standard InChI is InChI=1S/C10H9ClN6O6/c11-3-4-15(14-19)10(18)13-12-6-7-1-2-8(16(20)21)5-9(7)17(22)23/h1-2,5-6H,3-4H2,(H,13,18)/b12-6+. The molecular weight excluding hydrogens is 336 g/mol. The number of alkyl halides is 1. The molecule has 1 aromatic rings. The molecule has 12 nitrogen and oxygen atoms in total. The Balaban J connectivity index is 2.91. The topological polar surface area (TPSA) is 160 Å². The number of nitrogens with zero attached hydrogens (tertiary/aromatic N) is 5. The lowest BCUT2D eigenvalue weighted by Gasteiger charge is -2.09. The number of hydrogen-bond acceptors (Lipinski definition) is 8. The van der Waals surface area contributed by atoms with Crippen LogP contribution in [-0.4, -0.2) is 39.5 Å². The molecule has 0 aliphatic rings. The third kappa shape index (κ3) is 4.96. The Labute approximate surface area is 133 Å². The first-order chi connectivity index (χ1) is 10.9. The van der Waals surface area contributed by atoms with Crippen LogP contribution in [0.3, 0.4) is 0 Å². The molecule has 0 saturated heterocycles. The molecule has 0 aliphatic carbocycles. The molecule has 1 rings (SSSR count). The van der Waals surface area contributed by atoms with Crippen LogP contribution in [-0.2, 0) is 0 Å². The Morgan fingerprint density at radius 2 is 2.04 bits per heavy atom. The van der Waals surface area contributed by atoms with E-state index in [0.29, 0.717) is 5.01 Å². The van der Waals surface area contributed by atoms with Crippen molar-refractivity contribution in [2.75, 3.05) is 12.4 Å². The average Bonchev–Trinajstić information content (AvgIpc) is 2.52. The van der Waals surface area contributed by atoms with Crippen LogP contribution in [0.4, 0.5) is 16.2 Å². The van der Waals surface area contributed by atoms with Crippen molar-refractivity contribution in [3.05, 3.63) is 48.9 Å². The fraction of sp³-hybridized carbons (Fsp3) is 0.200. The molecule has 122 valence electrons. The van der Waals surface area contributed by atoms with Gasteiger partial charge in [0, 0.05) is 11.9 Å². The van der Waals surface area contributed by atoms with Crippen LogP contribution in [0.1, 0.15) is 5.56 Å². The number of hydrogen-bond donors (Lipinski definition) is 1. The van der Waals surface area contributed by atoms with Crippen molar-refractivity contribution < 1.29 is 14.6 Å². The van der Waals surface area contributed by atoms with E-state index in [1.807, 2.05) is 5.43 Å². The highest BCUT2D eigenvalue weighted by molar-refractivity contribution is 6.18. The molecule has 0 fully saturated rings. The van der Waals surface area contributed by atoms with Gasteiger partial charge in [-0.3, -0.25) is 20.2 Å². The molecule has 0 atom stereocenters. The van der Waals surface area contributed by atoms with Gasteiger partial charge < -0.3 is 0 Å². The lowest BCUT2D eigenvalue weighted by atomic mass is 10.2. The van der Waals surface area contributed by atoms with Crippen LogP contribution < -0.4 is 5.43 Å². The number of rotatable bonds is 7. The van der Waals surface area contributed by atoms with E-state index in [9.17, 15) is 29.9 Å². The SMILES string of the molecule is O=NN(CCCl)C(=O)N/N=C/c1ccc([N+](=O)[O-])cc1[N+](=O)[O-]. The molecular formula is C10H9ClN6O6. The highest BCUT2D eigenvalue weighted by Gasteiger charge is 2.18. The molecule has 0 aliphatic heterocycles. The van der Waals surface area contributed by atoms with Gasteiger partial charge in [0.1, 0.15) is 0 Å². The molecule has 13 heteroatoms. The number of urea groups is 1. The number of nitrogens with one attached hydrogen (secondary N) is 1. The zero-order chi connectivity index (χ0) is 17.4. The maximum atomic E-state index is 11.4. The van der Waals surface area contributed by atoms with Gasteiger partial charge in [-0.2, -0.15) is 10.1 Å². The summed E-state index contributed by atoms with van der Waals surface area (Å²) in [7, 11) is 0. The largest absolute Gasteiger partial charge is 0.360 e. The highest BCUT2D eigenvalue weighted by atomic mass is 35.5.